The summed E-state index contributed by atoms with van der Waals surface area (Å²) in [5, 5.41) is 0. The Labute approximate surface area is 89.7 Å². The molecule has 0 aliphatic carbocycles. The summed E-state index contributed by atoms with van der Waals surface area (Å²) in [6, 6.07) is 10.4. The molecule has 0 atom stereocenters. The van der Waals surface area contributed by atoms with Crippen LogP contribution in [0.2, 0.25) is 0 Å². The number of hydrogen-bond acceptors (Lipinski definition) is 0. The number of halogens is 2. The van der Waals surface area contributed by atoms with Crippen LogP contribution >= 0.6 is 45.2 Å². The van der Waals surface area contributed by atoms with E-state index in [0.717, 1.165) is 4.43 Å². The van der Waals surface area contributed by atoms with E-state index in [1.165, 1.54) is 5.56 Å². The van der Waals surface area contributed by atoms with Gasteiger partial charge in [-0.05, 0) is 10.5 Å². The minimum absolute atomic E-state index is 1.11. The summed E-state index contributed by atoms with van der Waals surface area (Å²) in [6.07, 6.45) is 0. The summed E-state index contributed by atoms with van der Waals surface area (Å²) < 4.78 is 1.11. The Balaban J connectivity index is 0.000000371. The lowest BCUT2D eigenvalue weighted by Crippen LogP contribution is -1.70. The van der Waals surface area contributed by atoms with Crippen LogP contribution in [0.4, 0.5) is 0 Å². The monoisotopic (exact) mass is 360 g/mol. The summed E-state index contributed by atoms with van der Waals surface area (Å²) in [5.41, 5.74) is 1.40. The third kappa shape index (κ3) is 4.49. The summed E-state index contributed by atoms with van der Waals surface area (Å²) in [5.74, 6) is 0. The van der Waals surface area contributed by atoms with E-state index in [9.17, 15) is 0 Å². The molecule has 0 nitrogen and oxygen atoms in total. The molecule has 0 spiro atoms. The van der Waals surface area contributed by atoms with Gasteiger partial charge >= 0.3 is 0 Å². The highest BCUT2D eigenvalue weighted by molar-refractivity contribution is 14.1. The van der Waals surface area contributed by atoms with E-state index in [4.69, 9.17) is 0 Å². The standard InChI is InChI=1S/C7H7I.CH3I/c8-6-7-4-2-1-3-5-7;1-2/h1-5H,6H2;1H3. The van der Waals surface area contributed by atoms with Gasteiger partial charge in [0.05, 0.1) is 0 Å². The van der Waals surface area contributed by atoms with E-state index in [-0.39, 0.29) is 0 Å². The Bertz CT molecular complexity index is 149. The second-order valence-corrected chi connectivity index (χ2v) is 2.38. The Kier molecular flexibility index (Phi) is 8.31. The predicted octanol–water partition coefficient (Wildman–Crippen LogP) is 3.67. The van der Waals surface area contributed by atoms with Crippen molar-refractivity contribution in [2.45, 2.75) is 4.43 Å². The van der Waals surface area contributed by atoms with Gasteiger partial charge in [-0.1, -0.05) is 75.5 Å². The molecule has 1 rings (SSSR count). The van der Waals surface area contributed by atoms with Crippen molar-refractivity contribution >= 4 is 45.2 Å². The first-order chi connectivity index (χ1) is 4.93. The first-order valence-corrected chi connectivity index (χ1v) is 6.59. The van der Waals surface area contributed by atoms with Gasteiger partial charge < -0.3 is 0 Å². The summed E-state index contributed by atoms with van der Waals surface area (Å²) in [4.78, 5) is 1.97. The molecule has 0 unspecified atom stereocenters. The van der Waals surface area contributed by atoms with Crippen LogP contribution in [0.3, 0.4) is 0 Å². The third-order valence-electron chi connectivity index (χ3n) is 0.997. The second-order valence-electron chi connectivity index (χ2n) is 1.62. The molecule has 0 aliphatic rings. The van der Waals surface area contributed by atoms with E-state index in [1.807, 2.05) is 11.0 Å². The summed E-state index contributed by atoms with van der Waals surface area (Å²) in [6.45, 7) is 0. The van der Waals surface area contributed by atoms with Crippen molar-refractivity contribution < 1.29 is 0 Å². The fraction of sp³-hybridized carbons (Fsp3) is 0.250. The fourth-order valence-corrected chi connectivity index (χ4v) is 1.08. The average Bonchev–Trinajstić information content (AvgIpc) is 2.10. The molecule has 1 aromatic rings. The zero-order chi connectivity index (χ0) is 7.82. The zero-order valence-corrected chi connectivity index (χ0v) is 10.2. The van der Waals surface area contributed by atoms with Gasteiger partial charge in [0.15, 0.2) is 0 Å². The first kappa shape index (κ1) is 10.7. The van der Waals surface area contributed by atoms with E-state index in [1.54, 1.807) is 0 Å². The lowest BCUT2D eigenvalue weighted by atomic mass is 10.2. The topological polar surface area (TPSA) is 0 Å². The van der Waals surface area contributed by atoms with Crippen LogP contribution in [0.15, 0.2) is 30.3 Å². The Morgan fingerprint density at radius 1 is 1.10 bits per heavy atom. The van der Waals surface area contributed by atoms with E-state index >= 15 is 0 Å². The van der Waals surface area contributed by atoms with Crippen molar-refractivity contribution in [3.8, 4) is 0 Å². The summed E-state index contributed by atoms with van der Waals surface area (Å²) in [7, 11) is 0. The minimum atomic E-state index is 1.11. The molecule has 10 heavy (non-hydrogen) atoms. The maximum absolute atomic E-state index is 2.35. The molecule has 0 bridgehead atoms. The molecule has 0 amide bonds. The zero-order valence-electron chi connectivity index (χ0n) is 5.85. The predicted molar refractivity (Wildman–Crippen MR) is 64.1 cm³/mol. The largest absolute Gasteiger partial charge is 0.0901 e. The van der Waals surface area contributed by atoms with Crippen LogP contribution in [-0.2, 0) is 4.43 Å². The Morgan fingerprint density at radius 2 is 1.60 bits per heavy atom. The van der Waals surface area contributed by atoms with Crippen molar-refractivity contribution in [2.24, 2.45) is 0 Å². The van der Waals surface area contributed by atoms with Crippen LogP contribution < -0.4 is 0 Å². The van der Waals surface area contributed by atoms with Crippen molar-refractivity contribution in [3.63, 3.8) is 0 Å². The highest BCUT2D eigenvalue weighted by atomic mass is 127. The van der Waals surface area contributed by atoms with Crippen molar-refractivity contribution in [1.29, 1.82) is 0 Å². The lowest BCUT2D eigenvalue weighted by Gasteiger charge is -1.88. The van der Waals surface area contributed by atoms with Crippen LogP contribution in [-0.4, -0.2) is 4.93 Å². The smallest absolute Gasteiger partial charge is 0.0247 e. The van der Waals surface area contributed by atoms with Gasteiger partial charge in [-0.2, -0.15) is 0 Å². The van der Waals surface area contributed by atoms with Gasteiger partial charge in [0.25, 0.3) is 0 Å². The molecular formula is C8H10I2. The molecule has 0 heterocycles. The van der Waals surface area contributed by atoms with Crippen LogP contribution in [0.25, 0.3) is 0 Å². The van der Waals surface area contributed by atoms with Gasteiger partial charge in [0.1, 0.15) is 0 Å². The number of benzene rings is 1. The molecule has 2 heteroatoms. The molecule has 0 aliphatic heterocycles. The molecule has 0 radical (unpaired) electrons. The molecule has 56 valence electrons. The Morgan fingerprint density at radius 3 is 1.90 bits per heavy atom. The normalized spacial score (nSPS) is 7.90. The number of hydrogen-bond donors (Lipinski definition) is 0. The Hall–Kier alpha value is 0.680. The van der Waals surface area contributed by atoms with Gasteiger partial charge in [-0.25, -0.2) is 0 Å². The van der Waals surface area contributed by atoms with Gasteiger partial charge in [-0.3, -0.25) is 0 Å². The van der Waals surface area contributed by atoms with Crippen molar-refractivity contribution in [3.05, 3.63) is 35.9 Å². The molecular weight excluding hydrogens is 350 g/mol. The van der Waals surface area contributed by atoms with E-state index in [2.05, 4.69) is 69.4 Å². The SMILES string of the molecule is CI.ICc1ccccc1. The molecule has 0 aromatic heterocycles. The maximum Gasteiger partial charge on any atom is 0.0247 e. The van der Waals surface area contributed by atoms with Gasteiger partial charge in [0, 0.05) is 4.43 Å². The minimum Gasteiger partial charge on any atom is -0.0901 e. The van der Waals surface area contributed by atoms with Crippen LogP contribution in [0, 0.1) is 0 Å². The van der Waals surface area contributed by atoms with Crippen LogP contribution in [0.1, 0.15) is 5.56 Å². The highest BCUT2D eigenvalue weighted by Gasteiger charge is 1.81. The molecule has 1 aromatic carbocycles. The van der Waals surface area contributed by atoms with E-state index < -0.39 is 0 Å². The average molecular weight is 360 g/mol. The van der Waals surface area contributed by atoms with Gasteiger partial charge in [0.2, 0.25) is 0 Å². The quantitative estimate of drug-likeness (QED) is 0.530. The van der Waals surface area contributed by atoms with Crippen molar-refractivity contribution in [1.82, 2.24) is 0 Å². The third-order valence-corrected chi connectivity index (χ3v) is 1.88. The van der Waals surface area contributed by atoms with Crippen molar-refractivity contribution in [2.75, 3.05) is 4.93 Å². The fourth-order valence-electron chi connectivity index (χ4n) is 0.567. The first-order valence-electron chi connectivity index (χ1n) is 2.91. The number of alkyl halides is 2. The number of rotatable bonds is 1. The van der Waals surface area contributed by atoms with Gasteiger partial charge in [-0.15, -0.1) is 0 Å². The summed E-state index contributed by atoms with van der Waals surface area (Å²) >= 11 is 4.50. The second kappa shape index (κ2) is 7.78. The highest BCUT2D eigenvalue weighted by Crippen LogP contribution is 2.02. The van der Waals surface area contributed by atoms with Crippen LogP contribution in [0.5, 0.6) is 0 Å². The molecule has 0 N–H and O–H groups in total. The van der Waals surface area contributed by atoms with E-state index in [0.29, 0.717) is 0 Å². The molecule has 0 fully saturated rings. The molecule has 0 saturated carbocycles. The maximum atomic E-state index is 2.35. The molecule has 0 saturated heterocycles. The lowest BCUT2D eigenvalue weighted by molar-refractivity contribution is 1.46.